The van der Waals surface area contributed by atoms with Crippen molar-refractivity contribution < 1.29 is 9.26 Å². The molecule has 2 heterocycles. The molecule has 1 aliphatic carbocycles. The van der Waals surface area contributed by atoms with E-state index >= 15 is 0 Å². The molecule has 0 atom stereocenters. The third kappa shape index (κ3) is 2.45. The summed E-state index contributed by atoms with van der Waals surface area (Å²) in [6.45, 7) is 4.45. The van der Waals surface area contributed by atoms with Gasteiger partial charge in [-0.25, -0.2) is 0 Å². The van der Waals surface area contributed by atoms with Gasteiger partial charge in [0.2, 0.25) is 0 Å². The molecule has 0 amide bonds. The molecule has 1 aromatic carbocycles. The van der Waals surface area contributed by atoms with E-state index in [0.29, 0.717) is 12.5 Å². The van der Waals surface area contributed by atoms with Crippen LogP contribution in [0.1, 0.15) is 41.5 Å². The molecule has 0 aliphatic heterocycles. The van der Waals surface area contributed by atoms with E-state index in [1.165, 1.54) is 12.8 Å². The van der Waals surface area contributed by atoms with Gasteiger partial charge >= 0.3 is 0 Å². The summed E-state index contributed by atoms with van der Waals surface area (Å²) in [6, 6.07) is 10.1. The highest BCUT2D eigenvalue weighted by atomic mass is 16.5. The zero-order valence-electron chi connectivity index (χ0n) is 12.8. The van der Waals surface area contributed by atoms with Crippen LogP contribution < -0.4 is 4.74 Å². The molecule has 0 saturated heterocycles. The van der Waals surface area contributed by atoms with Crippen molar-refractivity contribution >= 4 is 10.9 Å². The van der Waals surface area contributed by atoms with Gasteiger partial charge in [0, 0.05) is 29.1 Å². The summed E-state index contributed by atoms with van der Waals surface area (Å²) >= 11 is 0. The predicted octanol–water partition coefficient (Wildman–Crippen LogP) is 4.30. The van der Waals surface area contributed by atoms with Crippen LogP contribution >= 0.6 is 0 Å². The minimum Gasteiger partial charge on any atom is -0.485 e. The normalized spacial score (nSPS) is 14.5. The van der Waals surface area contributed by atoms with Crippen LogP contribution in [0.2, 0.25) is 0 Å². The topological polar surface area (TPSA) is 48.2 Å². The maximum atomic E-state index is 6.01. The third-order valence-electron chi connectivity index (χ3n) is 4.08. The summed E-state index contributed by atoms with van der Waals surface area (Å²) in [4.78, 5) is 4.57. The summed E-state index contributed by atoms with van der Waals surface area (Å²) < 4.78 is 11.4. The Morgan fingerprint density at radius 3 is 2.91 bits per heavy atom. The molecule has 0 bridgehead atoms. The lowest BCUT2D eigenvalue weighted by Crippen LogP contribution is -1.97. The van der Waals surface area contributed by atoms with Crippen molar-refractivity contribution in [2.45, 2.75) is 39.2 Å². The van der Waals surface area contributed by atoms with Crippen molar-refractivity contribution in [3.8, 4) is 5.75 Å². The average molecular weight is 294 g/mol. The number of benzene rings is 1. The zero-order valence-corrected chi connectivity index (χ0v) is 12.8. The number of aryl methyl sites for hydroxylation is 2. The maximum Gasteiger partial charge on any atom is 0.174 e. The Bertz CT molecular complexity index is 834. The van der Waals surface area contributed by atoms with E-state index in [2.05, 4.69) is 23.1 Å². The lowest BCUT2D eigenvalue weighted by atomic mass is 10.1. The summed E-state index contributed by atoms with van der Waals surface area (Å²) in [5.41, 5.74) is 4.14. The van der Waals surface area contributed by atoms with Crippen LogP contribution in [0.3, 0.4) is 0 Å². The SMILES string of the molecule is Cc1cc(OCc2cc(C3CC3)no2)c2c(C)cccc2n1. The van der Waals surface area contributed by atoms with Crippen LogP contribution in [0.15, 0.2) is 34.9 Å². The van der Waals surface area contributed by atoms with Crippen LogP contribution in [-0.4, -0.2) is 10.1 Å². The molecule has 0 unspecified atom stereocenters. The first kappa shape index (κ1) is 13.3. The van der Waals surface area contributed by atoms with Crippen molar-refractivity contribution in [3.63, 3.8) is 0 Å². The molecule has 2 aromatic heterocycles. The molecular weight excluding hydrogens is 276 g/mol. The molecule has 22 heavy (non-hydrogen) atoms. The number of ether oxygens (including phenoxy) is 1. The number of aromatic nitrogens is 2. The molecule has 1 fully saturated rings. The Kier molecular flexibility index (Phi) is 3.10. The van der Waals surface area contributed by atoms with Gasteiger partial charge in [-0.15, -0.1) is 0 Å². The van der Waals surface area contributed by atoms with Gasteiger partial charge in [-0.1, -0.05) is 17.3 Å². The Morgan fingerprint density at radius 2 is 2.09 bits per heavy atom. The zero-order chi connectivity index (χ0) is 15.1. The van der Waals surface area contributed by atoms with E-state index in [1.54, 1.807) is 0 Å². The van der Waals surface area contributed by atoms with Crippen LogP contribution in [0.5, 0.6) is 5.75 Å². The highest BCUT2D eigenvalue weighted by Crippen LogP contribution is 2.39. The smallest absolute Gasteiger partial charge is 0.174 e. The average Bonchev–Trinajstić information content (AvgIpc) is 3.23. The summed E-state index contributed by atoms with van der Waals surface area (Å²) in [5, 5.41) is 5.19. The van der Waals surface area contributed by atoms with Crippen molar-refractivity contribution in [3.05, 3.63) is 53.0 Å². The summed E-state index contributed by atoms with van der Waals surface area (Å²) in [6.07, 6.45) is 2.44. The fourth-order valence-electron chi connectivity index (χ4n) is 2.78. The first-order valence-corrected chi connectivity index (χ1v) is 7.66. The molecule has 0 N–H and O–H groups in total. The molecular formula is C18H18N2O2. The Hall–Kier alpha value is -2.36. The molecule has 1 saturated carbocycles. The monoisotopic (exact) mass is 294 g/mol. The number of rotatable bonds is 4. The van der Waals surface area contributed by atoms with Crippen LogP contribution in [0, 0.1) is 13.8 Å². The lowest BCUT2D eigenvalue weighted by molar-refractivity contribution is 0.250. The molecule has 1 aliphatic rings. The Labute approximate surface area is 129 Å². The van der Waals surface area contributed by atoms with Gasteiger partial charge in [0.05, 0.1) is 11.2 Å². The van der Waals surface area contributed by atoms with Gasteiger partial charge in [-0.2, -0.15) is 0 Å². The number of pyridine rings is 1. The molecule has 4 rings (SSSR count). The number of fused-ring (bicyclic) bond motifs is 1. The molecule has 3 aromatic rings. The highest BCUT2D eigenvalue weighted by molar-refractivity contribution is 5.88. The fourth-order valence-corrected chi connectivity index (χ4v) is 2.78. The second-order valence-electron chi connectivity index (χ2n) is 6.01. The third-order valence-corrected chi connectivity index (χ3v) is 4.08. The first-order chi connectivity index (χ1) is 10.7. The molecule has 4 nitrogen and oxygen atoms in total. The molecule has 0 radical (unpaired) electrons. The minimum absolute atomic E-state index is 0.395. The second-order valence-corrected chi connectivity index (χ2v) is 6.01. The van der Waals surface area contributed by atoms with Gasteiger partial charge in [0.1, 0.15) is 12.4 Å². The summed E-state index contributed by atoms with van der Waals surface area (Å²) in [5.74, 6) is 2.23. The van der Waals surface area contributed by atoms with Crippen molar-refractivity contribution in [1.82, 2.24) is 10.1 Å². The van der Waals surface area contributed by atoms with E-state index in [4.69, 9.17) is 9.26 Å². The standard InChI is InChI=1S/C18H18N2O2/c1-11-4-3-5-15-18(11)17(8-12(2)19-15)21-10-14-9-16(20-22-14)13-6-7-13/h3-5,8-9,13H,6-7,10H2,1-2H3. The van der Waals surface area contributed by atoms with E-state index in [-0.39, 0.29) is 0 Å². The van der Waals surface area contributed by atoms with E-state index in [9.17, 15) is 0 Å². The molecule has 112 valence electrons. The first-order valence-electron chi connectivity index (χ1n) is 7.66. The van der Waals surface area contributed by atoms with E-state index in [1.807, 2.05) is 31.2 Å². The van der Waals surface area contributed by atoms with Gasteiger partial charge < -0.3 is 9.26 Å². The van der Waals surface area contributed by atoms with Gasteiger partial charge in [-0.05, 0) is 38.3 Å². The van der Waals surface area contributed by atoms with E-state index < -0.39 is 0 Å². The molecule has 0 spiro atoms. The highest BCUT2D eigenvalue weighted by Gasteiger charge is 2.27. The van der Waals surface area contributed by atoms with Crippen molar-refractivity contribution in [2.24, 2.45) is 0 Å². The lowest BCUT2D eigenvalue weighted by Gasteiger charge is -2.10. The largest absolute Gasteiger partial charge is 0.485 e. The fraction of sp³-hybridized carbons (Fsp3) is 0.333. The summed E-state index contributed by atoms with van der Waals surface area (Å²) in [7, 11) is 0. The Balaban J connectivity index is 1.62. The van der Waals surface area contributed by atoms with Gasteiger partial charge in [0.15, 0.2) is 5.76 Å². The number of hydrogen-bond acceptors (Lipinski definition) is 4. The van der Waals surface area contributed by atoms with Crippen molar-refractivity contribution in [1.29, 1.82) is 0 Å². The number of nitrogens with zero attached hydrogens (tertiary/aromatic N) is 2. The van der Waals surface area contributed by atoms with E-state index in [0.717, 1.165) is 39.4 Å². The van der Waals surface area contributed by atoms with Crippen LogP contribution in [0.4, 0.5) is 0 Å². The second kappa shape index (κ2) is 5.13. The van der Waals surface area contributed by atoms with Gasteiger partial charge in [-0.3, -0.25) is 4.98 Å². The molecule has 4 heteroatoms. The minimum atomic E-state index is 0.395. The van der Waals surface area contributed by atoms with Crippen LogP contribution in [-0.2, 0) is 6.61 Å². The predicted molar refractivity (Wildman–Crippen MR) is 84.0 cm³/mol. The quantitative estimate of drug-likeness (QED) is 0.720. The number of hydrogen-bond donors (Lipinski definition) is 0. The van der Waals surface area contributed by atoms with Gasteiger partial charge in [0.25, 0.3) is 0 Å². The van der Waals surface area contributed by atoms with Crippen molar-refractivity contribution in [2.75, 3.05) is 0 Å². The van der Waals surface area contributed by atoms with Crippen LogP contribution in [0.25, 0.3) is 10.9 Å². The maximum absolute atomic E-state index is 6.01. The Morgan fingerprint density at radius 1 is 1.23 bits per heavy atom.